The first kappa shape index (κ1) is 13.6. The molecule has 1 aliphatic rings. The van der Waals surface area contributed by atoms with Crippen molar-refractivity contribution in [2.45, 2.75) is 32.2 Å². The fourth-order valence-electron chi connectivity index (χ4n) is 2.09. The number of rotatable bonds is 4. The molecule has 1 aliphatic carbocycles. The lowest BCUT2D eigenvalue weighted by atomic mass is 9.83. The van der Waals surface area contributed by atoms with Gasteiger partial charge in [0, 0.05) is 18.5 Å². The normalized spacial score (nSPS) is 14.2. The molecule has 0 saturated heterocycles. The standard InChI is InChI=1S/C16H20N2O/c17-10-2-5-13-6-8-15(9-7-13)12-18-16(19)11-14-3-1-4-14/h6-9,14H,1,3-4,10-12,17H2,(H,18,19). The van der Waals surface area contributed by atoms with E-state index in [0.717, 1.165) is 11.1 Å². The maximum atomic E-state index is 11.7. The van der Waals surface area contributed by atoms with Crippen molar-refractivity contribution in [3.63, 3.8) is 0 Å². The topological polar surface area (TPSA) is 55.1 Å². The Morgan fingerprint density at radius 2 is 2.05 bits per heavy atom. The summed E-state index contributed by atoms with van der Waals surface area (Å²) < 4.78 is 0. The molecule has 0 heterocycles. The molecule has 0 aliphatic heterocycles. The summed E-state index contributed by atoms with van der Waals surface area (Å²) in [6, 6.07) is 7.89. The Morgan fingerprint density at radius 1 is 1.32 bits per heavy atom. The average molecular weight is 256 g/mol. The van der Waals surface area contributed by atoms with Crippen LogP contribution in [0.25, 0.3) is 0 Å². The Hall–Kier alpha value is -1.79. The fourth-order valence-corrected chi connectivity index (χ4v) is 2.09. The minimum absolute atomic E-state index is 0.164. The molecule has 0 bridgehead atoms. The highest BCUT2D eigenvalue weighted by molar-refractivity contribution is 5.76. The van der Waals surface area contributed by atoms with Crippen molar-refractivity contribution < 1.29 is 4.79 Å². The van der Waals surface area contributed by atoms with E-state index >= 15 is 0 Å². The van der Waals surface area contributed by atoms with E-state index in [9.17, 15) is 4.79 Å². The quantitative estimate of drug-likeness (QED) is 0.807. The summed E-state index contributed by atoms with van der Waals surface area (Å²) in [5.74, 6) is 6.58. The zero-order chi connectivity index (χ0) is 13.5. The van der Waals surface area contributed by atoms with Crippen molar-refractivity contribution in [1.29, 1.82) is 0 Å². The van der Waals surface area contributed by atoms with Crippen molar-refractivity contribution >= 4 is 5.91 Å². The fraction of sp³-hybridized carbons (Fsp3) is 0.438. The molecule has 0 unspecified atom stereocenters. The van der Waals surface area contributed by atoms with Crippen LogP contribution in [0.5, 0.6) is 0 Å². The number of benzene rings is 1. The highest BCUT2D eigenvalue weighted by Gasteiger charge is 2.20. The first-order valence-corrected chi connectivity index (χ1v) is 6.82. The smallest absolute Gasteiger partial charge is 0.220 e. The summed E-state index contributed by atoms with van der Waals surface area (Å²) in [7, 11) is 0. The van der Waals surface area contributed by atoms with E-state index in [0.29, 0.717) is 25.4 Å². The molecular weight excluding hydrogens is 236 g/mol. The molecular formula is C16H20N2O. The lowest BCUT2D eigenvalue weighted by Crippen LogP contribution is -2.27. The van der Waals surface area contributed by atoms with Gasteiger partial charge in [-0.2, -0.15) is 0 Å². The average Bonchev–Trinajstić information content (AvgIpc) is 2.39. The number of carbonyl (C=O) groups excluding carboxylic acids is 1. The lowest BCUT2D eigenvalue weighted by molar-refractivity contribution is -0.122. The molecule has 0 aromatic heterocycles. The van der Waals surface area contributed by atoms with Crippen molar-refractivity contribution in [2.75, 3.05) is 6.54 Å². The number of nitrogens with one attached hydrogen (secondary N) is 1. The molecule has 1 amide bonds. The lowest BCUT2D eigenvalue weighted by Gasteiger charge is -2.24. The van der Waals surface area contributed by atoms with E-state index in [1.807, 2.05) is 24.3 Å². The van der Waals surface area contributed by atoms with Gasteiger partial charge >= 0.3 is 0 Å². The summed E-state index contributed by atoms with van der Waals surface area (Å²) in [4.78, 5) is 11.7. The van der Waals surface area contributed by atoms with Gasteiger partial charge in [0.25, 0.3) is 0 Å². The van der Waals surface area contributed by atoms with Gasteiger partial charge in [0.15, 0.2) is 0 Å². The molecule has 1 fully saturated rings. The van der Waals surface area contributed by atoms with Gasteiger partial charge in [-0.25, -0.2) is 0 Å². The van der Waals surface area contributed by atoms with Gasteiger partial charge in [-0.1, -0.05) is 30.4 Å². The first-order chi connectivity index (χ1) is 9.28. The van der Waals surface area contributed by atoms with E-state index < -0.39 is 0 Å². The van der Waals surface area contributed by atoms with Crippen LogP contribution in [0.3, 0.4) is 0 Å². The van der Waals surface area contributed by atoms with Crippen LogP contribution in [0.1, 0.15) is 36.8 Å². The third-order valence-corrected chi connectivity index (χ3v) is 3.48. The number of nitrogens with two attached hydrogens (primary N) is 1. The molecule has 2 rings (SSSR count). The predicted molar refractivity (Wildman–Crippen MR) is 76.2 cm³/mol. The van der Waals surface area contributed by atoms with Crippen LogP contribution in [-0.2, 0) is 11.3 Å². The third-order valence-electron chi connectivity index (χ3n) is 3.48. The second kappa shape index (κ2) is 6.96. The summed E-state index contributed by atoms with van der Waals surface area (Å²) in [6.07, 6.45) is 4.38. The zero-order valence-electron chi connectivity index (χ0n) is 11.1. The molecule has 1 aromatic rings. The molecule has 1 saturated carbocycles. The Labute approximate surface area is 114 Å². The molecule has 100 valence electrons. The molecule has 0 atom stereocenters. The predicted octanol–water partition coefficient (Wildman–Crippen LogP) is 1.80. The zero-order valence-corrected chi connectivity index (χ0v) is 11.1. The van der Waals surface area contributed by atoms with Gasteiger partial charge in [-0.3, -0.25) is 4.79 Å². The maximum absolute atomic E-state index is 11.7. The van der Waals surface area contributed by atoms with Gasteiger partial charge in [0.2, 0.25) is 5.91 Å². The van der Waals surface area contributed by atoms with Crippen LogP contribution in [0, 0.1) is 17.8 Å². The van der Waals surface area contributed by atoms with Crippen LogP contribution in [0.4, 0.5) is 0 Å². The van der Waals surface area contributed by atoms with Crippen LogP contribution >= 0.6 is 0 Å². The Bertz CT molecular complexity index is 478. The summed E-state index contributed by atoms with van der Waals surface area (Å²) in [6.45, 7) is 0.967. The second-order valence-corrected chi connectivity index (χ2v) is 4.98. The van der Waals surface area contributed by atoms with Crippen LogP contribution < -0.4 is 11.1 Å². The van der Waals surface area contributed by atoms with Gasteiger partial charge in [-0.05, 0) is 36.5 Å². The number of carbonyl (C=O) groups is 1. The Kier molecular flexibility index (Phi) is 5.00. The highest BCUT2D eigenvalue weighted by atomic mass is 16.1. The van der Waals surface area contributed by atoms with E-state index in [1.54, 1.807) is 0 Å². The van der Waals surface area contributed by atoms with Crippen molar-refractivity contribution in [3.8, 4) is 11.8 Å². The summed E-state index contributed by atoms with van der Waals surface area (Å²) in [5, 5.41) is 2.97. The molecule has 0 spiro atoms. The second-order valence-electron chi connectivity index (χ2n) is 4.98. The van der Waals surface area contributed by atoms with E-state index in [1.165, 1.54) is 19.3 Å². The molecule has 3 heteroatoms. The third kappa shape index (κ3) is 4.42. The minimum Gasteiger partial charge on any atom is -0.352 e. The minimum atomic E-state index is 0.164. The van der Waals surface area contributed by atoms with Gasteiger partial charge in [-0.15, -0.1) is 0 Å². The Balaban J connectivity index is 1.77. The van der Waals surface area contributed by atoms with E-state index in [-0.39, 0.29) is 5.91 Å². The molecule has 19 heavy (non-hydrogen) atoms. The van der Waals surface area contributed by atoms with E-state index in [4.69, 9.17) is 5.73 Å². The summed E-state index contributed by atoms with van der Waals surface area (Å²) in [5.41, 5.74) is 7.37. The van der Waals surface area contributed by atoms with Crippen molar-refractivity contribution in [2.24, 2.45) is 11.7 Å². The van der Waals surface area contributed by atoms with Crippen LogP contribution in [0.2, 0.25) is 0 Å². The van der Waals surface area contributed by atoms with Gasteiger partial charge < -0.3 is 11.1 Å². The first-order valence-electron chi connectivity index (χ1n) is 6.82. The monoisotopic (exact) mass is 256 g/mol. The van der Waals surface area contributed by atoms with Crippen molar-refractivity contribution in [1.82, 2.24) is 5.32 Å². The van der Waals surface area contributed by atoms with Gasteiger partial charge in [0.05, 0.1) is 6.54 Å². The van der Waals surface area contributed by atoms with E-state index in [2.05, 4.69) is 17.2 Å². The maximum Gasteiger partial charge on any atom is 0.220 e. The molecule has 0 radical (unpaired) electrons. The van der Waals surface area contributed by atoms with Crippen LogP contribution in [0.15, 0.2) is 24.3 Å². The van der Waals surface area contributed by atoms with Crippen molar-refractivity contribution in [3.05, 3.63) is 35.4 Å². The largest absolute Gasteiger partial charge is 0.352 e. The summed E-state index contributed by atoms with van der Waals surface area (Å²) >= 11 is 0. The number of amides is 1. The number of hydrogen-bond donors (Lipinski definition) is 2. The highest BCUT2D eigenvalue weighted by Crippen LogP contribution is 2.29. The number of hydrogen-bond acceptors (Lipinski definition) is 2. The molecule has 3 nitrogen and oxygen atoms in total. The Morgan fingerprint density at radius 3 is 2.63 bits per heavy atom. The molecule has 1 aromatic carbocycles. The van der Waals surface area contributed by atoms with Gasteiger partial charge in [0.1, 0.15) is 0 Å². The van der Waals surface area contributed by atoms with Crippen LogP contribution in [-0.4, -0.2) is 12.5 Å². The molecule has 3 N–H and O–H groups in total. The SMILES string of the molecule is NCC#Cc1ccc(CNC(=O)CC2CCC2)cc1.